The van der Waals surface area contributed by atoms with Crippen LogP contribution in [0.1, 0.15) is 63.1 Å². The van der Waals surface area contributed by atoms with Gasteiger partial charge in [0.15, 0.2) is 5.82 Å². The van der Waals surface area contributed by atoms with Gasteiger partial charge in [-0.25, -0.2) is 0 Å². The summed E-state index contributed by atoms with van der Waals surface area (Å²) in [5, 5.41) is 7.67. The first-order chi connectivity index (χ1) is 10.3. The fraction of sp³-hybridized carbons (Fsp3) is 0.875. The highest BCUT2D eigenvalue weighted by atomic mass is 16.5. The van der Waals surface area contributed by atoms with E-state index in [0.717, 1.165) is 50.4 Å². The molecule has 0 amide bonds. The van der Waals surface area contributed by atoms with Crippen LogP contribution >= 0.6 is 0 Å². The minimum absolute atomic E-state index is 0.524. The van der Waals surface area contributed by atoms with E-state index in [2.05, 4.69) is 27.3 Å². The van der Waals surface area contributed by atoms with Crippen molar-refractivity contribution < 1.29 is 4.52 Å². The number of nitrogens with one attached hydrogen (secondary N) is 1. The number of aromatic nitrogens is 2. The van der Waals surface area contributed by atoms with Crippen LogP contribution in [0.3, 0.4) is 0 Å². The van der Waals surface area contributed by atoms with E-state index in [0.29, 0.717) is 5.92 Å². The first-order valence-corrected chi connectivity index (χ1v) is 8.60. The van der Waals surface area contributed by atoms with E-state index in [1.807, 2.05) is 0 Å². The average molecular weight is 292 g/mol. The number of rotatable bonds is 4. The first kappa shape index (κ1) is 15.0. The molecule has 0 radical (unpaired) electrons. The zero-order valence-electron chi connectivity index (χ0n) is 13.2. The highest BCUT2D eigenvalue weighted by Crippen LogP contribution is 2.35. The summed E-state index contributed by atoms with van der Waals surface area (Å²) < 4.78 is 5.49. The van der Waals surface area contributed by atoms with Crippen LogP contribution < -0.4 is 5.32 Å². The summed E-state index contributed by atoms with van der Waals surface area (Å²) in [7, 11) is 0. The van der Waals surface area contributed by atoms with Crippen molar-refractivity contribution in [3.8, 4) is 0 Å². The van der Waals surface area contributed by atoms with E-state index < -0.39 is 0 Å². The molecule has 1 saturated carbocycles. The molecule has 2 aliphatic rings. The zero-order valence-corrected chi connectivity index (χ0v) is 13.2. The van der Waals surface area contributed by atoms with Crippen molar-refractivity contribution in [3.63, 3.8) is 0 Å². The van der Waals surface area contributed by atoms with Crippen LogP contribution in [0.2, 0.25) is 0 Å². The number of hydrogen-bond donors (Lipinski definition) is 1. The molecule has 21 heavy (non-hydrogen) atoms. The molecule has 2 fully saturated rings. The van der Waals surface area contributed by atoms with E-state index in [1.165, 1.54) is 38.5 Å². The predicted octanol–water partition coefficient (Wildman–Crippen LogP) is 2.55. The fourth-order valence-electron chi connectivity index (χ4n) is 3.58. The molecule has 1 N–H and O–H groups in total. The Morgan fingerprint density at radius 2 is 2.05 bits per heavy atom. The molecular weight excluding hydrogens is 264 g/mol. The molecule has 0 bridgehead atoms. The Morgan fingerprint density at radius 3 is 2.86 bits per heavy atom. The molecule has 1 aliphatic carbocycles. The highest BCUT2D eigenvalue weighted by Gasteiger charge is 2.25. The molecule has 0 atom stereocenters. The lowest BCUT2D eigenvalue weighted by Gasteiger charge is -2.25. The van der Waals surface area contributed by atoms with E-state index in [-0.39, 0.29) is 0 Å². The topological polar surface area (TPSA) is 54.2 Å². The summed E-state index contributed by atoms with van der Waals surface area (Å²) in [6, 6.07) is 0. The van der Waals surface area contributed by atoms with E-state index in [4.69, 9.17) is 4.52 Å². The molecule has 2 heterocycles. The van der Waals surface area contributed by atoms with Crippen LogP contribution in [0.4, 0.5) is 0 Å². The quantitative estimate of drug-likeness (QED) is 0.924. The average Bonchev–Trinajstić information content (AvgIpc) is 2.83. The minimum atomic E-state index is 0.524. The van der Waals surface area contributed by atoms with E-state index >= 15 is 0 Å². The van der Waals surface area contributed by atoms with Crippen LogP contribution in [0.25, 0.3) is 0 Å². The van der Waals surface area contributed by atoms with Crippen molar-refractivity contribution in [2.45, 2.75) is 57.9 Å². The van der Waals surface area contributed by atoms with Crippen LogP contribution in [0.5, 0.6) is 0 Å². The molecule has 1 aliphatic heterocycles. The van der Waals surface area contributed by atoms with Crippen molar-refractivity contribution in [2.24, 2.45) is 5.92 Å². The summed E-state index contributed by atoms with van der Waals surface area (Å²) in [5.74, 6) is 3.19. The Kier molecular flexibility index (Phi) is 5.25. The Hall–Kier alpha value is -0.940. The van der Waals surface area contributed by atoms with Gasteiger partial charge < -0.3 is 9.84 Å². The monoisotopic (exact) mass is 292 g/mol. The summed E-state index contributed by atoms with van der Waals surface area (Å²) >= 11 is 0. The second-order valence-corrected chi connectivity index (χ2v) is 6.55. The molecule has 0 spiro atoms. The number of nitrogens with zero attached hydrogens (tertiary/aromatic N) is 3. The van der Waals surface area contributed by atoms with Gasteiger partial charge in [-0.3, -0.25) is 4.90 Å². The first-order valence-electron chi connectivity index (χ1n) is 8.60. The van der Waals surface area contributed by atoms with Gasteiger partial charge in [-0.1, -0.05) is 18.5 Å². The lowest BCUT2D eigenvalue weighted by molar-refractivity contribution is 0.238. The van der Waals surface area contributed by atoms with Crippen molar-refractivity contribution in [3.05, 3.63) is 11.7 Å². The maximum atomic E-state index is 5.49. The minimum Gasteiger partial charge on any atom is -0.338 e. The van der Waals surface area contributed by atoms with Gasteiger partial charge >= 0.3 is 0 Å². The third kappa shape index (κ3) is 4.04. The summed E-state index contributed by atoms with van der Waals surface area (Å²) in [5.41, 5.74) is 0. The molecule has 1 aromatic rings. The van der Waals surface area contributed by atoms with Crippen LogP contribution in [-0.4, -0.2) is 41.2 Å². The lowest BCUT2D eigenvalue weighted by atomic mass is 9.80. The zero-order chi connectivity index (χ0) is 14.5. The maximum Gasteiger partial charge on any atom is 0.240 e. The molecule has 0 unspecified atom stereocenters. The van der Waals surface area contributed by atoms with Gasteiger partial charge in [0, 0.05) is 19.0 Å². The Balaban J connectivity index is 1.53. The van der Waals surface area contributed by atoms with Gasteiger partial charge in [0.25, 0.3) is 0 Å². The van der Waals surface area contributed by atoms with Crippen LogP contribution in [-0.2, 0) is 6.54 Å². The largest absolute Gasteiger partial charge is 0.338 e. The van der Waals surface area contributed by atoms with Gasteiger partial charge in [-0.2, -0.15) is 4.98 Å². The molecule has 118 valence electrons. The predicted molar refractivity (Wildman–Crippen MR) is 82.1 cm³/mol. The van der Waals surface area contributed by atoms with Crippen LogP contribution in [0, 0.1) is 5.92 Å². The van der Waals surface area contributed by atoms with Gasteiger partial charge in [0.1, 0.15) is 0 Å². The molecular formula is C16H28N4O. The summed E-state index contributed by atoms with van der Waals surface area (Å²) in [4.78, 5) is 7.08. The normalized spacial score (nSPS) is 28.4. The van der Waals surface area contributed by atoms with Gasteiger partial charge in [-0.15, -0.1) is 0 Å². The third-order valence-corrected chi connectivity index (χ3v) is 5.06. The third-order valence-electron chi connectivity index (χ3n) is 5.06. The van der Waals surface area contributed by atoms with Crippen molar-refractivity contribution in [1.29, 1.82) is 0 Å². The molecule has 5 nitrogen and oxygen atoms in total. The fourth-order valence-corrected chi connectivity index (χ4v) is 3.58. The second kappa shape index (κ2) is 7.36. The van der Waals surface area contributed by atoms with Crippen molar-refractivity contribution >= 4 is 0 Å². The summed E-state index contributed by atoms with van der Waals surface area (Å²) in [6.45, 7) is 7.46. The Morgan fingerprint density at radius 1 is 1.19 bits per heavy atom. The SMILES string of the molecule is CCC1CCC(c2noc(CN3CCCNCC3)n2)CC1. The van der Waals surface area contributed by atoms with Crippen LogP contribution in [0.15, 0.2) is 4.52 Å². The smallest absolute Gasteiger partial charge is 0.240 e. The molecule has 3 rings (SSSR count). The Bertz CT molecular complexity index is 418. The standard InChI is InChI=1S/C16H28N4O/c1-2-13-4-6-14(7-5-13)16-18-15(21-19-16)12-20-10-3-8-17-9-11-20/h13-14,17H,2-12H2,1H3. The molecule has 1 saturated heterocycles. The van der Waals surface area contributed by atoms with E-state index in [9.17, 15) is 0 Å². The Labute approximate surface area is 127 Å². The summed E-state index contributed by atoms with van der Waals surface area (Å²) in [6.07, 6.45) is 7.61. The molecule has 5 heteroatoms. The van der Waals surface area contributed by atoms with Gasteiger partial charge in [0.05, 0.1) is 6.54 Å². The lowest BCUT2D eigenvalue weighted by Crippen LogP contribution is -2.27. The second-order valence-electron chi connectivity index (χ2n) is 6.55. The van der Waals surface area contributed by atoms with Crippen molar-refractivity contribution in [1.82, 2.24) is 20.4 Å². The van der Waals surface area contributed by atoms with Gasteiger partial charge in [0.2, 0.25) is 5.89 Å². The maximum absolute atomic E-state index is 5.49. The molecule has 1 aromatic heterocycles. The van der Waals surface area contributed by atoms with Gasteiger partial charge in [-0.05, 0) is 51.1 Å². The number of hydrogen-bond acceptors (Lipinski definition) is 5. The molecule has 0 aromatic carbocycles. The highest BCUT2D eigenvalue weighted by molar-refractivity contribution is 4.97. The van der Waals surface area contributed by atoms with E-state index in [1.54, 1.807) is 0 Å². The van der Waals surface area contributed by atoms with Crippen molar-refractivity contribution in [2.75, 3.05) is 26.2 Å².